The van der Waals surface area contributed by atoms with Gasteiger partial charge in [-0.2, -0.15) is 9.57 Å². The second kappa shape index (κ2) is 8.33. The van der Waals surface area contributed by atoms with E-state index >= 15 is 0 Å². The highest BCUT2D eigenvalue weighted by Gasteiger charge is 2.27. The van der Waals surface area contributed by atoms with Crippen molar-refractivity contribution >= 4 is 21.8 Å². The van der Waals surface area contributed by atoms with Gasteiger partial charge in [0, 0.05) is 18.7 Å². The predicted molar refractivity (Wildman–Crippen MR) is 100 cm³/mol. The second-order valence-corrected chi connectivity index (χ2v) is 8.26. The van der Waals surface area contributed by atoms with Crippen LogP contribution in [-0.4, -0.2) is 44.2 Å². The first-order valence-corrected chi connectivity index (χ1v) is 10.2. The first kappa shape index (κ1) is 19.7. The Morgan fingerprint density at radius 3 is 2.11 bits per heavy atom. The average molecular weight is 398 g/mol. The Labute approximate surface area is 163 Å². The van der Waals surface area contributed by atoms with E-state index < -0.39 is 28.4 Å². The fourth-order valence-electron chi connectivity index (χ4n) is 2.87. The smallest absolute Gasteiger partial charge is 0.338 e. The van der Waals surface area contributed by atoms with Crippen LogP contribution in [0.15, 0.2) is 53.4 Å². The molecule has 1 aliphatic rings. The molecule has 0 amide bonds. The van der Waals surface area contributed by atoms with E-state index in [-0.39, 0.29) is 16.0 Å². The summed E-state index contributed by atoms with van der Waals surface area (Å²) in [6.07, 6.45) is 1.70. The summed E-state index contributed by atoms with van der Waals surface area (Å²) in [4.78, 5) is 24.3. The standard InChI is InChI=1S/C20H18N2O5S/c21-13-15-3-5-17(6-4-15)20(24)27-14-19(23)16-7-9-18(10-8-16)28(25,26)22-11-1-2-12-22/h3-10H,1-2,11-12,14H2. The van der Waals surface area contributed by atoms with Crippen LogP contribution in [0.3, 0.4) is 0 Å². The minimum absolute atomic E-state index is 0.139. The maximum Gasteiger partial charge on any atom is 0.338 e. The fourth-order valence-corrected chi connectivity index (χ4v) is 4.39. The largest absolute Gasteiger partial charge is 0.454 e. The van der Waals surface area contributed by atoms with Crippen molar-refractivity contribution in [3.63, 3.8) is 0 Å². The summed E-state index contributed by atoms with van der Waals surface area (Å²) >= 11 is 0. The van der Waals surface area contributed by atoms with E-state index in [4.69, 9.17) is 10.00 Å². The number of nitrogens with zero attached hydrogens (tertiary/aromatic N) is 2. The molecule has 144 valence electrons. The van der Waals surface area contributed by atoms with E-state index in [1.807, 2.05) is 6.07 Å². The predicted octanol–water partition coefficient (Wildman–Crippen LogP) is 2.38. The molecule has 2 aromatic rings. The number of carbonyl (C=O) groups excluding carboxylic acids is 2. The molecule has 0 atom stereocenters. The van der Waals surface area contributed by atoms with Gasteiger partial charge in [-0.1, -0.05) is 0 Å². The highest BCUT2D eigenvalue weighted by atomic mass is 32.2. The molecule has 1 saturated heterocycles. The van der Waals surface area contributed by atoms with Crippen molar-refractivity contribution in [3.05, 3.63) is 65.2 Å². The lowest BCUT2D eigenvalue weighted by Crippen LogP contribution is -2.27. The van der Waals surface area contributed by atoms with Crippen LogP contribution in [0.4, 0.5) is 0 Å². The summed E-state index contributed by atoms with van der Waals surface area (Å²) in [6.45, 7) is 0.555. The maximum atomic E-state index is 12.5. The van der Waals surface area contributed by atoms with Gasteiger partial charge >= 0.3 is 5.97 Å². The summed E-state index contributed by atoms with van der Waals surface area (Å²) in [5, 5.41) is 8.75. The summed E-state index contributed by atoms with van der Waals surface area (Å²) in [7, 11) is -3.53. The third-order valence-electron chi connectivity index (χ3n) is 4.46. The van der Waals surface area contributed by atoms with Crippen LogP contribution >= 0.6 is 0 Å². The van der Waals surface area contributed by atoms with Crippen LogP contribution in [0.25, 0.3) is 0 Å². The molecule has 0 bridgehead atoms. The van der Waals surface area contributed by atoms with Crippen molar-refractivity contribution in [2.24, 2.45) is 0 Å². The van der Waals surface area contributed by atoms with Gasteiger partial charge in [-0.25, -0.2) is 13.2 Å². The van der Waals surface area contributed by atoms with Gasteiger partial charge in [0.2, 0.25) is 10.0 Å². The zero-order valence-electron chi connectivity index (χ0n) is 15.0. The monoisotopic (exact) mass is 398 g/mol. The molecule has 1 aliphatic heterocycles. The topological polar surface area (TPSA) is 105 Å². The highest BCUT2D eigenvalue weighted by Crippen LogP contribution is 2.21. The number of hydrogen-bond donors (Lipinski definition) is 0. The molecule has 0 saturated carbocycles. The Morgan fingerprint density at radius 1 is 0.964 bits per heavy atom. The lowest BCUT2D eigenvalue weighted by atomic mass is 10.1. The number of ketones is 1. The zero-order chi connectivity index (χ0) is 20.1. The SMILES string of the molecule is N#Cc1ccc(C(=O)OCC(=O)c2ccc(S(=O)(=O)N3CCCC3)cc2)cc1. The number of esters is 1. The molecule has 28 heavy (non-hydrogen) atoms. The van der Waals surface area contributed by atoms with Gasteiger partial charge < -0.3 is 4.74 Å². The number of carbonyl (C=O) groups is 2. The molecule has 0 aliphatic carbocycles. The quantitative estimate of drug-likeness (QED) is 0.546. The lowest BCUT2D eigenvalue weighted by molar-refractivity contribution is 0.0474. The third-order valence-corrected chi connectivity index (χ3v) is 6.38. The molecule has 0 N–H and O–H groups in total. The zero-order valence-corrected chi connectivity index (χ0v) is 15.8. The van der Waals surface area contributed by atoms with E-state index in [0.29, 0.717) is 18.7 Å². The Morgan fingerprint density at radius 2 is 1.54 bits per heavy atom. The number of benzene rings is 2. The van der Waals surface area contributed by atoms with Gasteiger partial charge in [-0.05, 0) is 61.4 Å². The Balaban J connectivity index is 1.61. The molecular weight excluding hydrogens is 380 g/mol. The van der Waals surface area contributed by atoms with E-state index in [1.165, 1.54) is 52.8 Å². The second-order valence-electron chi connectivity index (χ2n) is 6.32. The lowest BCUT2D eigenvalue weighted by Gasteiger charge is -2.15. The van der Waals surface area contributed by atoms with Crippen LogP contribution in [0.1, 0.15) is 39.1 Å². The summed E-state index contributed by atoms with van der Waals surface area (Å²) in [5.74, 6) is -1.11. The molecular formula is C20H18N2O5S. The van der Waals surface area contributed by atoms with Crippen molar-refractivity contribution < 1.29 is 22.7 Å². The van der Waals surface area contributed by atoms with Crippen molar-refractivity contribution in [2.75, 3.05) is 19.7 Å². The number of hydrogen-bond acceptors (Lipinski definition) is 6. The molecule has 2 aromatic carbocycles. The number of ether oxygens (including phenoxy) is 1. The van der Waals surface area contributed by atoms with Crippen molar-refractivity contribution in [1.82, 2.24) is 4.31 Å². The first-order valence-electron chi connectivity index (χ1n) is 8.72. The first-order chi connectivity index (χ1) is 13.4. The van der Waals surface area contributed by atoms with E-state index in [9.17, 15) is 18.0 Å². The number of rotatable bonds is 6. The van der Waals surface area contributed by atoms with Crippen molar-refractivity contribution in [1.29, 1.82) is 5.26 Å². The molecule has 1 heterocycles. The Hall–Kier alpha value is -3.02. The molecule has 0 aromatic heterocycles. The molecule has 0 radical (unpaired) electrons. The van der Waals surface area contributed by atoms with Crippen molar-refractivity contribution in [3.8, 4) is 6.07 Å². The van der Waals surface area contributed by atoms with E-state index in [0.717, 1.165) is 12.8 Å². The maximum absolute atomic E-state index is 12.5. The number of sulfonamides is 1. The van der Waals surface area contributed by atoms with Gasteiger partial charge in [0.1, 0.15) is 0 Å². The van der Waals surface area contributed by atoms with Crippen molar-refractivity contribution in [2.45, 2.75) is 17.7 Å². The third kappa shape index (κ3) is 4.27. The normalized spacial score (nSPS) is 14.4. The van der Waals surface area contributed by atoms with E-state index in [2.05, 4.69) is 0 Å². The van der Waals surface area contributed by atoms with Crippen LogP contribution in [0, 0.1) is 11.3 Å². The average Bonchev–Trinajstić information content (AvgIpc) is 3.28. The molecule has 0 spiro atoms. The van der Waals surface area contributed by atoms with Crippen LogP contribution in [-0.2, 0) is 14.8 Å². The summed E-state index contributed by atoms with van der Waals surface area (Å²) < 4.78 is 31.4. The Kier molecular flexibility index (Phi) is 5.87. The molecule has 3 rings (SSSR count). The van der Waals surface area contributed by atoms with Crippen LogP contribution in [0.2, 0.25) is 0 Å². The minimum atomic E-state index is -3.53. The van der Waals surface area contributed by atoms with Crippen LogP contribution < -0.4 is 0 Å². The molecule has 1 fully saturated rings. The van der Waals surface area contributed by atoms with Gasteiger partial charge in [0.25, 0.3) is 0 Å². The van der Waals surface area contributed by atoms with Gasteiger partial charge in [-0.15, -0.1) is 0 Å². The minimum Gasteiger partial charge on any atom is -0.454 e. The van der Waals surface area contributed by atoms with Crippen LogP contribution in [0.5, 0.6) is 0 Å². The summed E-state index contributed by atoms with van der Waals surface area (Å²) in [5.41, 5.74) is 0.906. The fraction of sp³-hybridized carbons (Fsp3) is 0.250. The molecule has 7 nitrogen and oxygen atoms in total. The van der Waals surface area contributed by atoms with E-state index in [1.54, 1.807) is 0 Å². The Bertz CT molecular complexity index is 1020. The highest BCUT2D eigenvalue weighted by molar-refractivity contribution is 7.89. The van der Waals surface area contributed by atoms with Gasteiger partial charge in [0.05, 0.1) is 22.1 Å². The number of Topliss-reactive ketones (excluding diaryl/α,β-unsaturated/α-hetero) is 1. The van der Waals surface area contributed by atoms with Gasteiger partial charge in [0.15, 0.2) is 12.4 Å². The summed E-state index contributed by atoms with van der Waals surface area (Å²) in [6, 6.07) is 13.4. The van der Waals surface area contributed by atoms with Gasteiger partial charge in [-0.3, -0.25) is 4.79 Å². The number of nitriles is 1. The molecule has 0 unspecified atom stereocenters. The molecule has 8 heteroatoms.